The maximum absolute atomic E-state index is 13.7. The molecule has 0 spiro atoms. The summed E-state index contributed by atoms with van der Waals surface area (Å²) in [5.74, 6) is -1.66. The summed E-state index contributed by atoms with van der Waals surface area (Å²) in [5.41, 5.74) is -2.26. The molecule has 1 saturated carbocycles. The third-order valence-corrected chi connectivity index (χ3v) is 4.32. The summed E-state index contributed by atoms with van der Waals surface area (Å²) in [4.78, 5) is 12.0. The lowest BCUT2D eigenvalue weighted by Gasteiger charge is -2.45. The van der Waals surface area contributed by atoms with Gasteiger partial charge in [-0.2, -0.15) is 13.2 Å². The highest BCUT2D eigenvalue weighted by Gasteiger charge is 2.64. The lowest BCUT2D eigenvalue weighted by Crippen LogP contribution is -2.62. The fourth-order valence-corrected chi connectivity index (χ4v) is 3.25. The van der Waals surface area contributed by atoms with Gasteiger partial charge in [0.2, 0.25) is 0 Å². The molecular weight excluding hydrogens is 283 g/mol. The number of hydrogen-bond donors (Lipinski definition) is 1. The molecule has 1 heterocycles. The van der Waals surface area contributed by atoms with E-state index in [0.29, 0.717) is 12.8 Å². The largest absolute Gasteiger partial charge is 0.448 e. The van der Waals surface area contributed by atoms with Crippen molar-refractivity contribution in [3.05, 3.63) is 29.8 Å². The number of fused-ring (bicyclic) bond motifs is 1. The van der Waals surface area contributed by atoms with Crippen molar-refractivity contribution in [2.75, 3.05) is 5.32 Å². The van der Waals surface area contributed by atoms with Crippen LogP contribution < -0.4 is 5.32 Å². The summed E-state index contributed by atoms with van der Waals surface area (Å²) in [6, 6.07) is 6.15. The van der Waals surface area contributed by atoms with Crippen LogP contribution in [0.5, 0.6) is 0 Å². The van der Waals surface area contributed by atoms with E-state index in [0.717, 1.165) is 19.3 Å². The summed E-state index contributed by atoms with van der Waals surface area (Å²) < 4.78 is 46.1. The van der Waals surface area contributed by atoms with Gasteiger partial charge in [0, 0.05) is 5.92 Å². The van der Waals surface area contributed by atoms with Crippen molar-refractivity contribution in [1.29, 1.82) is 0 Å². The average molecular weight is 299 g/mol. The van der Waals surface area contributed by atoms with Gasteiger partial charge in [0.05, 0.1) is 11.3 Å². The van der Waals surface area contributed by atoms with Gasteiger partial charge in [0.1, 0.15) is 0 Å². The van der Waals surface area contributed by atoms with Crippen LogP contribution in [-0.4, -0.2) is 17.9 Å². The molecule has 1 aliphatic carbocycles. The Morgan fingerprint density at radius 1 is 1.14 bits per heavy atom. The SMILES string of the molecule is O=C1O[C@@](C2CCCCC2)(C(F)(F)F)Nc2ccccc21. The summed E-state index contributed by atoms with van der Waals surface area (Å²) in [7, 11) is 0. The number of alkyl halides is 3. The first kappa shape index (κ1) is 14.2. The molecule has 3 nitrogen and oxygen atoms in total. The number of anilines is 1. The Balaban J connectivity index is 2.04. The number of rotatable bonds is 1. The molecule has 0 aromatic heterocycles. The number of ether oxygens (including phenoxy) is 1. The highest BCUT2D eigenvalue weighted by atomic mass is 19.4. The smallest absolute Gasteiger partial charge is 0.425 e. The van der Waals surface area contributed by atoms with Crippen LogP contribution in [0.15, 0.2) is 24.3 Å². The molecule has 0 amide bonds. The van der Waals surface area contributed by atoms with Crippen molar-refractivity contribution in [1.82, 2.24) is 0 Å². The second-order valence-electron chi connectivity index (χ2n) is 5.63. The van der Waals surface area contributed by atoms with Gasteiger partial charge in [0.15, 0.2) is 0 Å². The Labute approximate surface area is 120 Å². The lowest BCUT2D eigenvalue weighted by atomic mass is 9.80. The molecular formula is C15H16F3NO2. The van der Waals surface area contributed by atoms with E-state index < -0.39 is 23.8 Å². The van der Waals surface area contributed by atoms with E-state index in [9.17, 15) is 18.0 Å². The van der Waals surface area contributed by atoms with Crippen LogP contribution in [0, 0.1) is 5.92 Å². The molecule has 0 saturated heterocycles. The summed E-state index contributed by atoms with van der Waals surface area (Å²) >= 11 is 0. The molecule has 1 aromatic carbocycles. The molecule has 1 aliphatic heterocycles. The molecule has 6 heteroatoms. The summed E-state index contributed by atoms with van der Waals surface area (Å²) in [6.45, 7) is 0. The number of carbonyl (C=O) groups excluding carboxylic acids is 1. The standard InChI is InChI=1S/C15H16F3NO2/c16-15(17,18)14(10-6-2-1-3-7-10)19-12-9-5-4-8-11(12)13(20)21-14/h4-5,8-10,19H,1-3,6-7H2/t14-/m0/s1. The van der Waals surface area contributed by atoms with E-state index in [4.69, 9.17) is 4.74 Å². The first-order valence-corrected chi connectivity index (χ1v) is 7.11. The molecule has 21 heavy (non-hydrogen) atoms. The average Bonchev–Trinajstić information content (AvgIpc) is 2.47. The Morgan fingerprint density at radius 3 is 2.48 bits per heavy atom. The van der Waals surface area contributed by atoms with Crippen LogP contribution in [0.1, 0.15) is 42.5 Å². The first-order valence-electron chi connectivity index (χ1n) is 7.11. The Bertz CT molecular complexity index is 552. The van der Waals surface area contributed by atoms with Crippen LogP contribution in [0.3, 0.4) is 0 Å². The number of para-hydroxylation sites is 1. The van der Waals surface area contributed by atoms with Crippen molar-refractivity contribution in [3.8, 4) is 0 Å². The highest BCUT2D eigenvalue weighted by Crippen LogP contribution is 2.48. The van der Waals surface area contributed by atoms with Gasteiger partial charge >= 0.3 is 12.1 Å². The quantitative estimate of drug-likeness (QED) is 0.793. The zero-order valence-corrected chi connectivity index (χ0v) is 11.4. The third kappa shape index (κ3) is 2.26. The maximum atomic E-state index is 13.7. The van der Waals surface area contributed by atoms with Gasteiger partial charge in [-0.1, -0.05) is 31.4 Å². The second-order valence-corrected chi connectivity index (χ2v) is 5.63. The van der Waals surface area contributed by atoms with Gasteiger partial charge in [-0.05, 0) is 25.0 Å². The fourth-order valence-electron chi connectivity index (χ4n) is 3.25. The van der Waals surface area contributed by atoms with E-state index in [1.807, 2.05) is 0 Å². The van der Waals surface area contributed by atoms with Gasteiger partial charge in [-0.25, -0.2) is 4.79 Å². The van der Waals surface area contributed by atoms with Crippen molar-refractivity contribution >= 4 is 11.7 Å². The molecule has 3 rings (SSSR count). The van der Waals surface area contributed by atoms with Crippen LogP contribution in [0.4, 0.5) is 18.9 Å². The zero-order chi connectivity index (χ0) is 15.1. The first-order chi connectivity index (χ1) is 9.94. The van der Waals surface area contributed by atoms with Crippen LogP contribution in [-0.2, 0) is 4.74 Å². The fraction of sp³-hybridized carbons (Fsp3) is 0.533. The van der Waals surface area contributed by atoms with Crippen LogP contribution in [0.25, 0.3) is 0 Å². The monoisotopic (exact) mass is 299 g/mol. The maximum Gasteiger partial charge on any atom is 0.448 e. The molecule has 2 aliphatic rings. The molecule has 0 radical (unpaired) electrons. The molecule has 1 atom stereocenters. The molecule has 114 valence electrons. The Hall–Kier alpha value is -1.72. The number of cyclic esters (lactones) is 1. The predicted molar refractivity (Wildman–Crippen MR) is 70.8 cm³/mol. The molecule has 1 N–H and O–H groups in total. The predicted octanol–water partition coefficient (Wildman–Crippen LogP) is 4.11. The molecule has 0 unspecified atom stereocenters. The van der Waals surface area contributed by atoms with E-state index in [-0.39, 0.29) is 11.3 Å². The minimum atomic E-state index is -4.65. The van der Waals surface area contributed by atoms with E-state index >= 15 is 0 Å². The normalized spacial score (nSPS) is 26.7. The molecule has 0 bridgehead atoms. The van der Waals surface area contributed by atoms with Crippen molar-refractivity contribution in [3.63, 3.8) is 0 Å². The zero-order valence-electron chi connectivity index (χ0n) is 11.4. The van der Waals surface area contributed by atoms with E-state index in [2.05, 4.69) is 5.32 Å². The number of halogens is 3. The summed E-state index contributed by atoms with van der Waals surface area (Å²) in [5, 5.41) is 2.48. The van der Waals surface area contributed by atoms with Crippen LogP contribution >= 0.6 is 0 Å². The van der Waals surface area contributed by atoms with Crippen molar-refractivity contribution < 1.29 is 22.7 Å². The number of hydrogen-bond acceptors (Lipinski definition) is 3. The number of carbonyl (C=O) groups is 1. The minimum absolute atomic E-state index is 0.146. The van der Waals surface area contributed by atoms with Crippen LogP contribution in [0.2, 0.25) is 0 Å². The second kappa shape index (κ2) is 4.93. The summed E-state index contributed by atoms with van der Waals surface area (Å²) in [6.07, 6.45) is -1.47. The van der Waals surface area contributed by atoms with Crippen molar-refractivity contribution in [2.45, 2.75) is 44.0 Å². The highest BCUT2D eigenvalue weighted by molar-refractivity contribution is 5.97. The number of esters is 1. The van der Waals surface area contributed by atoms with Gasteiger partial charge in [-0.15, -0.1) is 0 Å². The van der Waals surface area contributed by atoms with E-state index in [1.165, 1.54) is 12.1 Å². The van der Waals surface area contributed by atoms with Gasteiger partial charge in [-0.3, -0.25) is 0 Å². The van der Waals surface area contributed by atoms with E-state index in [1.54, 1.807) is 12.1 Å². The molecule has 1 fully saturated rings. The van der Waals surface area contributed by atoms with Gasteiger partial charge < -0.3 is 10.1 Å². The number of nitrogens with one attached hydrogen (secondary N) is 1. The molecule has 1 aromatic rings. The number of benzene rings is 1. The topological polar surface area (TPSA) is 38.3 Å². The third-order valence-electron chi connectivity index (χ3n) is 4.32. The Morgan fingerprint density at radius 2 is 1.81 bits per heavy atom. The lowest BCUT2D eigenvalue weighted by molar-refractivity contribution is -0.270. The Kier molecular flexibility index (Phi) is 3.34. The van der Waals surface area contributed by atoms with Gasteiger partial charge in [0.25, 0.3) is 5.72 Å². The minimum Gasteiger partial charge on any atom is -0.425 e. The van der Waals surface area contributed by atoms with Crippen molar-refractivity contribution in [2.24, 2.45) is 5.92 Å².